The molecule has 1 saturated heterocycles. The van der Waals surface area contributed by atoms with Gasteiger partial charge in [0.05, 0.1) is 5.92 Å². The third-order valence-corrected chi connectivity index (χ3v) is 5.59. The molecule has 1 aliphatic carbocycles. The molecule has 26 heavy (non-hydrogen) atoms. The Hall–Kier alpha value is -1.79. The van der Waals surface area contributed by atoms with Crippen LogP contribution in [-0.4, -0.2) is 59.1 Å². The molecule has 6 nitrogen and oxygen atoms in total. The van der Waals surface area contributed by atoms with E-state index >= 15 is 0 Å². The number of carbonyl (C=O) groups is 2. The zero-order valence-corrected chi connectivity index (χ0v) is 15.6. The molecule has 0 radical (unpaired) electrons. The Labute approximate surface area is 159 Å². The van der Waals surface area contributed by atoms with Crippen molar-refractivity contribution in [3.8, 4) is 0 Å². The first-order valence-electron chi connectivity index (χ1n) is 9.26. The molecule has 0 bridgehead atoms. The zero-order chi connectivity index (χ0) is 18.5. The van der Waals surface area contributed by atoms with Crippen molar-refractivity contribution < 1.29 is 14.7 Å². The quantitative estimate of drug-likeness (QED) is 0.843. The highest BCUT2D eigenvalue weighted by atomic mass is 35.5. The topological polar surface area (TPSA) is 72.9 Å². The van der Waals surface area contributed by atoms with E-state index in [-0.39, 0.29) is 18.0 Å². The second-order valence-corrected chi connectivity index (χ2v) is 7.67. The zero-order valence-electron chi connectivity index (χ0n) is 14.9. The Morgan fingerprint density at radius 2 is 1.81 bits per heavy atom. The fourth-order valence-corrected chi connectivity index (χ4v) is 3.97. The van der Waals surface area contributed by atoms with Gasteiger partial charge in [0.1, 0.15) is 0 Å². The first-order chi connectivity index (χ1) is 12.5. The van der Waals surface area contributed by atoms with E-state index in [4.69, 9.17) is 16.7 Å². The fourth-order valence-electron chi connectivity index (χ4n) is 3.75. The molecule has 7 heteroatoms. The Kier molecular flexibility index (Phi) is 6.38. The van der Waals surface area contributed by atoms with Crippen LogP contribution >= 0.6 is 11.6 Å². The summed E-state index contributed by atoms with van der Waals surface area (Å²) in [5, 5.41) is 12.9. The second-order valence-electron chi connectivity index (χ2n) is 7.23. The summed E-state index contributed by atoms with van der Waals surface area (Å²) in [6.07, 6.45) is 2.79. The van der Waals surface area contributed by atoms with E-state index in [1.54, 1.807) is 0 Å². The van der Waals surface area contributed by atoms with E-state index in [9.17, 15) is 9.59 Å². The first kappa shape index (κ1) is 19.0. The van der Waals surface area contributed by atoms with E-state index in [0.29, 0.717) is 25.9 Å². The minimum atomic E-state index is -0.717. The molecule has 142 valence electrons. The number of amides is 2. The maximum Gasteiger partial charge on any atom is 0.317 e. The summed E-state index contributed by atoms with van der Waals surface area (Å²) >= 11 is 6.03. The van der Waals surface area contributed by atoms with Gasteiger partial charge < -0.3 is 15.3 Å². The van der Waals surface area contributed by atoms with Gasteiger partial charge >= 0.3 is 12.0 Å². The standard InChI is InChI=1S/C19H26ClN3O3/c20-16-3-1-2-14(12-16)13-22-8-10-23(11-9-22)19(26)21-17-6-4-15(5-7-17)18(24)25/h1-3,12,15,17H,4-11,13H2,(H,21,26)(H,24,25). The molecule has 0 unspecified atom stereocenters. The summed E-state index contributed by atoms with van der Waals surface area (Å²) in [5.74, 6) is -0.969. The lowest BCUT2D eigenvalue weighted by molar-refractivity contribution is -0.142. The number of nitrogens with one attached hydrogen (secondary N) is 1. The number of nitrogens with zero attached hydrogens (tertiary/aromatic N) is 2. The van der Waals surface area contributed by atoms with E-state index in [1.165, 1.54) is 5.56 Å². The van der Waals surface area contributed by atoms with E-state index in [2.05, 4.69) is 16.3 Å². The van der Waals surface area contributed by atoms with Crippen LogP contribution in [-0.2, 0) is 11.3 Å². The van der Waals surface area contributed by atoms with Gasteiger partial charge in [-0.1, -0.05) is 23.7 Å². The number of halogens is 1. The highest BCUT2D eigenvalue weighted by Gasteiger charge is 2.28. The lowest BCUT2D eigenvalue weighted by Crippen LogP contribution is -2.53. The van der Waals surface area contributed by atoms with Crippen LogP contribution < -0.4 is 5.32 Å². The normalized spacial score (nSPS) is 24.3. The summed E-state index contributed by atoms with van der Waals surface area (Å²) in [5.41, 5.74) is 1.19. The second kappa shape index (κ2) is 8.73. The number of hydrogen-bond donors (Lipinski definition) is 2. The molecule has 3 rings (SSSR count). The van der Waals surface area contributed by atoms with E-state index in [1.807, 2.05) is 23.1 Å². The summed E-state index contributed by atoms with van der Waals surface area (Å²) in [4.78, 5) is 27.6. The smallest absolute Gasteiger partial charge is 0.317 e. The number of hydrogen-bond acceptors (Lipinski definition) is 3. The number of benzene rings is 1. The van der Waals surface area contributed by atoms with Crippen LogP contribution in [0.15, 0.2) is 24.3 Å². The number of piperazine rings is 1. The fraction of sp³-hybridized carbons (Fsp3) is 0.579. The van der Waals surface area contributed by atoms with Crippen molar-refractivity contribution in [2.75, 3.05) is 26.2 Å². The Balaban J connectivity index is 1.40. The summed E-state index contributed by atoms with van der Waals surface area (Å²) < 4.78 is 0. The largest absolute Gasteiger partial charge is 0.481 e. The van der Waals surface area contributed by atoms with Crippen LogP contribution in [0.1, 0.15) is 31.2 Å². The third-order valence-electron chi connectivity index (χ3n) is 5.36. The number of carboxylic acids is 1. The lowest BCUT2D eigenvalue weighted by Gasteiger charge is -2.36. The number of urea groups is 1. The van der Waals surface area contributed by atoms with Gasteiger partial charge in [0.2, 0.25) is 0 Å². The molecule has 2 amide bonds. The van der Waals surface area contributed by atoms with Crippen LogP contribution in [0, 0.1) is 5.92 Å². The SMILES string of the molecule is O=C(O)C1CCC(NC(=O)N2CCN(Cc3cccc(Cl)c3)CC2)CC1. The van der Waals surface area contributed by atoms with Crippen molar-refractivity contribution in [3.63, 3.8) is 0 Å². The summed E-state index contributed by atoms with van der Waals surface area (Å²) in [7, 11) is 0. The van der Waals surface area contributed by atoms with Crippen molar-refractivity contribution in [1.29, 1.82) is 0 Å². The minimum Gasteiger partial charge on any atom is -0.481 e. The average Bonchev–Trinajstić information content (AvgIpc) is 2.63. The van der Waals surface area contributed by atoms with Gasteiger partial charge in [0.15, 0.2) is 0 Å². The summed E-state index contributed by atoms with van der Waals surface area (Å²) in [6.45, 7) is 3.93. The van der Waals surface area contributed by atoms with Crippen molar-refractivity contribution in [3.05, 3.63) is 34.9 Å². The number of carbonyl (C=O) groups excluding carboxylic acids is 1. The average molecular weight is 380 g/mol. The molecule has 1 aromatic rings. The molecule has 1 aromatic carbocycles. The van der Waals surface area contributed by atoms with Crippen molar-refractivity contribution >= 4 is 23.6 Å². The first-order valence-corrected chi connectivity index (χ1v) is 9.64. The van der Waals surface area contributed by atoms with Gasteiger partial charge in [-0.15, -0.1) is 0 Å². The highest BCUT2D eigenvalue weighted by Crippen LogP contribution is 2.24. The molecular weight excluding hydrogens is 354 g/mol. The summed E-state index contributed by atoms with van der Waals surface area (Å²) in [6, 6.07) is 7.96. The van der Waals surface area contributed by atoms with Crippen LogP contribution in [0.25, 0.3) is 0 Å². The molecule has 0 aromatic heterocycles. The van der Waals surface area contributed by atoms with E-state index in [0.717, 1.165) is 37.5 Å². The monoisotopic (exact) mass is 379 g/mol. The molecule has 2 fully saturated rings. The highest BCUT2D eigenvalue weighted by molar-refractivity contribution is 6.30. The molecule has 2 N–H and O–H groups in total. The third kappa shape index (κ3) is 5.11. The Bertz CT molecular complexity index is 639. The number of rotatable bonds is 4. The van der Waals surface area contributed by atoms with Gasteiger partial charge in [-0.2, -0.15) is 0 Å². The van der Waals surface area contributed by atoms with Crippen molar-refractivity contribution in [2.45, 2.75) is 38.3 Å². The number of carboxylic acid groups (broad SMARTS) is 1. The lowest BCUT2D eigenvalue weighted by atomic mass is 9.86. The van der Waals surface area contributed by atoms with Gasteiger partial charge in [-0.05, 0) is 43.4 Å². The van der Waals surface area contributed by atoms with Crippen LogP contribution in [0.3, 0.4) is 0 Å². The Morgan fingerprint density at radius 3 is 2.42 bits per heavy atom. The van der Waals surface area contributed by atoms with Crippen molar-refractivity contribution in [1.82, 2.24) is 15.1 Å². The molecule has 1 saturated carbocycles. The van der Waals surface area contributed by atoms with Crippen molar-refractivity contribution in [2.24, 2.45) is 5.92 Å². The molecule has 1 heterocycles. The predicted octanol–water partition coefficient (Wildman–Crippen LogP) is 2.81. The number of aliphatic carboxylic acids is 1. The van der Waals surface area contributed by atoms with Gasteiger partial charge in [0, 0.05) is 43.8 Å². The Morgan fingerprint density at radius 1 is 1.12 bits per heavy atom. The van der Waals surface area contributed by atoms with Crippen LogP contribution in [0.2, 0.25) is 5.02 Å². The van der Waals surface area contributed by atoms with Gasteiger partial charge in [0.25, 0.3) is 0 Å². The molecular formula is C19H26ClN3O3. The maximum absolute atomic E-state index is 12.5. The van der Waals surface area contributed by atoms with Gasteiger partial charge in [-0.25, -0.2) is 4.79 Å². The van der Waals surface area contributed by atoms with E-state index < -0.39 is 5.97 Å². The molecule has 1 aliphatic heterocycles. The molecule has 0 atom stereocenters. The maximum atomic E-state index is 12.5. The minimum absolute atomic E-state index is 0.0221. The molecule has 2 aliphatic rings. The van der Waals surface area contributed by atoms with Crippen LogP contribution in [0.5, 0.6) is 0 Å². The van der Waals surface area contributed by atoms with Crippen LogP contribution in [0.4, 0.5) is 4.79 Å². The molecule has 0 spiro atoms. The predicted molar refractivity (Wildman–Crippen MR) is 100 cm³/mol. The van der Waals surface area contributed by atoms with Gasteiger partial charge in [-0.3, -0.25) is 9.69 Å².